The number of hydrogen-bond donors (Lipinski definition) is 1. The quantitative estimate of drug-likeness (QED) is 0.679. The van der Waals surface area contributed by atoms with E-state index in [2.05, 4.69) is 0 Å². The Balaban J connectivity index is 2.78. The van der Waals surface area contributed by atoms with Gasteiger partial charge in [-0.2, -0.15) is 0 Å². The van der Waals surface area contributed by atoms with Crippen molar-refractivity contribution in [1.29, 1.82) is 0 Å². The van der Waals surface area contributed by atoms with Crippen molar-refractivity contribution >= 4 is 33.1 Å². The van der Waals surface area contributed by atoms with Crippen molar-refractivity contribution in [1.82, 2.24) is 0 Å². The van der Waals surface area contributed by atoms with Crippen molar-refractivity contribution in [2.75, 3.05) is 11.5 Å². The number of halogens is 1. The van der Waals surface area contributed by atoms with Gasteiger partial charge in [-0.3, -0.25) is 4.79 Å². The van der Waals surface area contributed by atoms with E-state index in [0.717, 1.165) is 0 Å². The van der Waals surface area contributed by atoms with Gasteiger partial charge in [0.05, 0.1) is 5.75 Å². The van der Waals surface area contributed by atoms with E-state index in [0.29, 0.717) is 10.6 Å². The topological polar surface area (TPSA) is 86.5 Å². The van der Waals surface area contributed by atoms with Crippen LogP contribution in [-0.2, 0) is 25.1 Å². The Morgan fingerprint density at radius 3 is 2.45 bits per heavy atom. The molecule has 0 amide bonds. The van der Waals surface area contributed by atoms with Crippen LogP contribution >= 0.6 is 11.6 Å². The van der Waals surface area contributed by atoms with E-state index >= 15 is 0 Å². The number of rotatable bonds is 4. The van der Waals surface area contributed by atoms with Crippen LogP contribution in [0.3, 0.4) is 0 Å². The third-order valence-electron chi connectivity index (χ3n) is 2.24. The molecule has 0 saturated heterocycles. The lowest BCUT2D eigenvalue weighted by molar-refractivity contribution is -0.151. The highest BCUT2D eigenvalue weighted by Gasteiger charge is 2.23. The summed E-state index contributed by atoms with van der Waals surface area (Å²) in [6, 6.07) is 4.56. The van der Waals surface area contributed by atoms with Crippen molar-refractivity contribution in [3.63, 3.8) is 0 Å². The second-order valence-corrected chi connectivity index (χ2v) is 7.96. The van der Waals surface area contributed by atoms with Gasteiger partial charge < -0.3 is 10.5 Å². The SMILES string of the molecule is CC(C)(C)OC(=O)CS(=O)(=O)Cc1ccc(Cl)cc1N. The number of nitrogen functional groups attached to an aromatic ring is 1. The third kappa shape index (κ3) is 5.79. The lowest BCUT2D eigenvalue weighted by Crippen LogP contribution is -2.29. The third-order valence-corrected chi connectivity index (χ3v) is 3.90. The van der Waals surface area contributed by atoms with E-state index in [9.17, 15) is 13.2 Å². The number of carbonyl (C=O) groups is 1. The average Bonchev–Trinajstić information content (AvgIpc) is 2.18. The van der Waals surface area contributed by atoms with Crippen LogP contribution in [0.25, 0.3) is 0 Å². The highest BCUT2D eigenvalue weighted by Crippen LogP contribution is 2.20. The van der Waals surface area contributed by atoms with Crippen LogP contribution < -0.4 is 5.73 Å². The summed E-state index contributed by atoms with van der Waals surface area (Å²) < 4.78 is 28.9. The first-order chi connectivity index (χ1) is 8.98. The summed E-state index contributed by atoms with van der Waals surface area (Å²) in [6.45, 7) is 5.03. The number of benzene rings is 1. The van der Waals surface area contributed by atoms with Crippen LogP contribution in [0.5, 0.6) is 0 Å². The minimum absolute atomic E-state index is 0.283. The second kappa shape index (κ2) is 6.01. The summed E-state index contributed by atoms with van der Waals surface area (Å²) in [6.07, 6.45) is 0. The number of anilines is 1. The maximum atomic E-state index is 11.9. The molecule has 0 bridgehead atoms. The zero-order valence-corrected chi connectivity index (χ0v) is 13.2. The molecule has 0 spiro atoms. The normalized spacial score (nSPS) is 12.2. The van der Waals surface area contributed by atoms with Crippen LogP contribution in [0.15, 0.2) is 18.2 Å². The van der Waals surface area contributed by atoms with Gasteiger partial charge in [-0.1, -0.05) is 17.7 Å². The van der Waals surface area contributed by atoms with Crippen molar-refractivity contribution in [2.45, 2.75) is 32.1 Å². The molecule has 1 aromatic carbocycles. The molecule has 20 heavy (non-hydrogen) atoms. The predicted octanol–water partition coefficient (Wildman–Crippen LogP) is 2.18. The summed E-state index contributed by atoms with van der Waals surface area (Å²) in [5.74, 6) is -1.77. The van der Waals surface area contributed by atoms with E-state index < -0.39 is 27.2 Å². The number of ether oxygens (including phenoxy) is 1. The van der Waals surface area contributed by atoms with E-state index in [1.54, 1.807) is 26.8 Å². The fourth-order valence-corrected chi connectivity index (χ4v) is 2.97. The van der Waals surface area contributed by atoms with E-state index in [4.69, 9.17) is 22.1 Å². The first-order valence-electron chi connectivity index (χ1n) is 5.95. The number of carbonyl (C=O) groups excluding carboxylic acids is 1. The van der Waals surface area contributed by atoms with E-state index in [1.807, 2.05) is 0 Å². The molecular formula is C13H18ClNO4S. The molecule has 0 atom stereocenters. The first-order valence-corrected chi connectivity index (χ1v) is 8.15. The number of esters is 1. The zero-order chi connectivity index (χ0) is 15.6. The molecule has 7 heteroatoms. The molecule has 0 fully saturated rings. The summed E-state index contributed by atoms with van der Waals surface area (Å²) in [5.41, 5.74) is 5.68. The summed E-state index contributed by atoms with van der Waals surface area (Å²) in [4.78, 5) is 11.5. The molecule has 0 aromatic heterocycles. The van der Waals surface area contributed by atoms with E-state index in [-0.39, 0.29) is 11.4 Å². The highest BCUT2D eigenvalue weighted by atomic mass is 35.5. The largest absolute Gasteiger partial charge is 0.459 e. The smallest absolute Gasteiger partial charge is 0.321 e. The molecule has 0 unspecified atom stereocenters. The van der Waals surface area contributed by atoms with Gasteiger partial charge in [0.1, 0.15) is 11.4 Å². The van der Waals surface area contributed by atoms with Gasteiger partial charge in [-0.15, -0.1) is 0 Å². The van der Waals surface area contributed by atoms with Gasteiger partial charge in [0.15, 0.2) is 9.84 Å². The summed E-state index contributed by atoms with van der Waals surface area (Å²) in [7, 11) is -3.64. The average molecular weight is 320 g/mol. The van der Waals surface area contributed by atoms with Crippen LogP contribution in [-0.4, -0.2) is 25.7 Å². The fraction of sp³-hybridized carbons (Fsp3) is 0.462. The van der Waals surface area contributed by atoms with Gasteiger partial charge in [0.2, 0.25) is 0 Å². The number of hydrogen-bond acceptors (Lipinski definition) is 5. The molecule has 0 radical (unpaired) electrons. The minimum Gasteiger partial charge on any atom is -0.459 e. The summed E-state index contributed by atoms with van der Waals surface area (Å²) in [5, 5.41) is 0.427. The van der Waals surface area contributed by atoms with Crippen molar-refractivity contribution in [3.05, 3.63) is 28.8 Å². The van der Waals surface area contributed by atoms with Crippen molar-refractivity contribution in [2.24, 2.45) is 0 Å². The van der Waals surface area contributed by atoms with Crippen molar-refractivity contribution in [3.8, 4) is 0 Å². The van der Waals surface area contributed by atoms with Gasteiger partial charge in [0, 0.05) is 10.7 Å². The van der Waals surface area contributed by atoms with Crippen LogP contribution in [0.2, 0.25) is 5.02 Å². The van der Waals surface area contributed by atoms with Crippen LogP contribution in [0.1, 0.15) is 26.3 Å². The molecule has 2 N–H and O–H groups in total. The molecule has 0 saturated carbocycles. The number of nitrogens with two attached hydrogens (primary N) is 1. The molecule has 1 aromatic rings. The van der Waals surface area contributed by atoms with Crippen LogP contribution in [0.4, 0.5) is 5.69 Å². The summed E-state index contributed by atoms with van der Waals surface area (Å²) >= 11 is 5.74. The molecule has 0 aliphatic heterocycles. The van der Waals surface area contributed by atoms with Gasteiger partial charge in [-0.05, 0) is 38.5 Å². The standard InChI is InChI=1S/C13H18ClNO4S/c1-13(2,3)19-12(16)8-20(17,18)7-9-4-5-10(14)6-11(9)15/h4-6H,7-8,15H2,1-3H3. The van der Waals surface area contributed by atoms with Gasteiger partial charge in [0.25, 0.3) is 0 Å². The van der Waals surface area contributed by atoms with E-state index in [1.165, 1.54) is 12.1 Å². The molecule has 5 nitrogen and oxygen atoms in total. The Morgan fingerprint density at radius 1 is 1.35 bits per heavy atom. The Morgan fingerprint density at radius 2 is 1.95 bits per heavy atom. The molecular weight excluding hydrogens is 302 g/mol. The Kier molecular flexibility index (Phi) is 5.05. The highest BCUT2D eigenvalue weighted by molar-refractivity contribution is 7.91. The van der Waals surface area contributed by atoms with Crippen LogP contribution in [0, 0.1) is 0 Å². The zero-order valence-electron chi connectivity index (χ0n) is 11.6. The first kappa shape index (κ1) is 16.8. The maximum Gasteiger partial charge on any atom is 0.321 e. The van der Waals surface area contributed by atoms with Gasteiger partial charge in [-0.25, -0.2) is 8.42 Å². The molecule has 1 rings (SSSR count). The molecule has 0 aliphatic rings. The Hall–Kier alpha value is -1.27. The number of sulfone groups is 1. The molecule has 0 heterocycles. The Labute approximate surface area is 124 Å². The fourth-order valence-electron chi connectivity index (χ4n) is 1.54. The maximum absolute atomic E-state index is 11.9. The second-order valence-electron chi connectivity index (χ2n) is 5.46. The monoisotopic (exact) mass is 319 g/mol. The Bertz CT molecular complexity index is 605. The van der Waals surface area contributed by atoms with Crippen molar-refractivity contribution < 1.29 is 17.9 Å². The molecule has 112 valence electrons. The predicted molar refractivity (Wildman–Crippen MR) is 79.2 cm³/mol. The lowest BCUT2D eigenvalue weighted by Gasteiger charge is -2.19. The molecule has 0 aliphatic carbocycles. The van der Waals surface area contributed by atoms with Gasteiger partial charge >= 0.3 is 5.97 Å². The lowest BCUT2D eigenvalue weighted by atomic mass is 10.2. The minimum atomic E-state index is -3.64.